The molecule has 1 fully saturated rings. The fraction of sp³-hybridized carbons (Fsp3) is 0.333. The number of amides is 1. The van der Waals surface area contributed by atoms with Crippen LogP contribution in [0.5, 0.6) is 0 Å². The summed E-state index contributed by atoms with van der Waals surface area (Å²) in [4.78, 5) is 12.2. The van der Waals surface area contributed by atoms with E-state index in [1.165, 1.54) is 16.4 Å². The van der Waals surface area contributed by atoms with Crippen LogP contribution in [0.25, 0.3) is 11.5 Å². The predicted molar refractivity (Wildman–Crippen MR) is 108 cm³/mol. The molecule has 0 aliphatic carbocycles. The first-order valence-corrected chi connectivity index (χ1v) is 11.6. The Morgan fingerprint density at radius 1 is 1.20 bits per heavy atom. The van der Waals surface area contributed by atoms with Crippen molar-refractivity contribution in [3.8, 4) is 11.5 Å². The Kier molecular flexibility index (Phi) is 5.88. The summed E-state index contributed by atoms with van der Waals surface area (Å²) in [5.74, 6) is 0.951. The molecule has 3 aromatic rings. The molecule has 0 saturated carbocycles. The van der Waals surface area contributed by atoms with Crippen LogP contribution in [0.4, 0.5) is 5.82 Å². The smallest absolute Gasteiger partial charge is 0.277 e. The van der Waals surface area contributed by atoms with Crippen molar-refractivity contribution < 1.29 is 22.2 Å². The number of carbonyl (C=O) groups is 1. The van der Waals surface area contributed by atoms with E-state index in [-0.39, 0.29) is 27.7 Å². The van der Waals surface area contributed by atoms with E-state index in [1.807, 2.05) is 0 Å². The summed E-state index contributed by atoms with van der Waals surface area (Å²) in [6.45, 7) is 2.84. The number of benzene rings is 1. The monoisotopic (exact) mass is 449 g/mol. The number of nitrogens with zero attached hydrogens (tertiary/aromatic N) is 4. The SMILES string of the molecule is Cc1cc(NC(=O)CSc2nnc(-c3ccc(S(=O)(=O)N4CCCC4)cc3)o2)no1. The van der Waals surface area contributed by atoms with Crippen LogP contribution in [-0.4, -0.2) is 52.8 Å². The molecule has 1 N–H and O–H groups in total. The van der Waals surface area contributed by atoms with Gasteiger partial charge < -0.3 is 14.3 Å². The van der Waals surface area contributed by atoms with Crippen LogP contribution in [0.2, 0.25) is 0 Å². The molecule has 2 aromatic heterocycles. The second kappa shape index (κ2) is 8.58. The molecular formula is C18H19N5O5S2. The highest BCUT2D eigenvalue weighted by Crippen LogP contribution is 2.26. The number of aryl methyl sites for hydroxylation is 1. The largest absolute Gasteiger partial charge is 0.411 e. The van der Waals surface area contributed by atoms with Gasteiger partial charge in [0.2, 0.25) is 21.8 Å². The van der Waals surface area contributed by atoms with Crippen molar-refractivity contribution in [2.75, 3.05) is 24.2 Å². The highest BCUT2D eigenvalue weighted by molar-refractivity contribution is 7.99. The average Bonchev–Trinajstić information content (AvgIpc) is 3.49. The van der Waals surface area contributed by atoms with Gasteiger partial charge >= 0.3 is 0 Å². The molecule has 0 radical (unpaired) electrons. The van der Waals surface area contributed by atoms with Crippen molar-refractivity contribution >= 4 is 33.5 Å². The highest BCUT2D eigenvalue weighted by Gasteiger charge is 2.27. The number of carbonyl (C=O) groups excluding carboxylic acids is 1. The Hall–Kier alpha value is -2.70. The van der Waals surface area contributed by atoms with Gasteiger partial charge in [-0.3, -0.25) is 4.79 Å². The van der Waals surface area contributed by atoms with E-state index in [1.54, 1.807) is 25.1 Å². The van der Waals surface area contributed by atoms with Gasteiger partial charge in [-0.2, -0.15) is 4.31 Å². The number of thioether (sulfide) groups is 1. The predicted octanol–water partition coefficient (Wildman–Crippen LogP) is 2.55. The number of nitrogens with one attached hydrogen (secondary N) is 1. The summed E-state index contributed by atoms with van der Waals surface area (Å²) in [7, 11) is -3.47. The first kappa shape index (κ1) is 20.6. The number of hydrogen-bond donors (Lipinski definition) is 1. The lowest BCUT2D eigenvalue weighted by atomic mass is 10.2. The maximum absolute atomic E-state index is 12.6. The maximum atomic E-state index is 12.6. The van der Waals surface area contributed by atoms with E-state index in [0.29, 0.717) is 30.2 Å². The third kappa shape index (κ3) is 4.55. The topological polar surface area (TPSA) is 131 Å². The Morgan fingerprint density at radius 3 is 2.60 bits per heavy atom. The second-order valence-electron chi connectivity index (χ2n) is 6.67. The lowest BCUT2D eigenvalue weighted by molar-refractivity contribution is -0.113. The minimum Gasteiger partial charge on any atom is -0.411 e. The van der Waals surface area contributed by atoms with Crippen LogP contribution in [0, 0.1) is 6.92 Å². The fourth-order valence-corrected chi connectivity index (χ4v) is 5.04. The summed E-state index contributed by atoms with van der Waals surface area (Å²) >= 11 is 1.08. The van der Waals surface area contributed by atoms with Gasteiger partial charge in [0.15, 0.2) is 5.82 Å². The summed E-state index contributed by atoms with van der Waals surface area (Å²) < 4.78 is 37.1. The van der Waals surface area contributed by atoms with Crippen LogP contribution in [0.15, 0.2) is 49.4 Å². The molecule has 4 rings (SSSR count). The van der Waals surface area contributed by atoms with Crippen molar-refractivity contribution in [1.82, 2.24) is 19.7 Å². The average molecular weight is 450 g/mol. The molecule has 0 spiro atoms. The molecule has 158 valence electrons. The molecule has 1 aliphatic rings. The first-order chi connectivity index (χ1) is 14.4. The lowest BCUT2D eigenvalue weighted by Crippen LogP contribution is -2.27. The van der Waals surface area contributed by atoms with Gasteiger partial charge in [-0.15, -0.1) is 10.2 Å². The molecule has 0 bridgehead atoms. The van der Waals surface area contributed by atoms with Gasteiger partial charge in [0.05, 0.1) is 10.6 Å². The number of hydrogen-bond acceptors (Lipinski definition) is 9. The number of anilines is 1. The van der Waals surface area contributed by atoms with Crippen LogP contribution in [0.3, 0.4) is 0 Å². The standard InChI is InChI=1S/C18H19N5O5S2/c1-12-10-15(22-28-12)19-16(24)11-29-18-21-20-17(27-18)13-4-6-14(7-5-13)30(25,26)23-8-2-3-9-23/h4-7,10H,2-3,8-9,11H2,1H3,(H,19,22,24). The second-order valence-corrected chi connectivity index (χ2v) is 9.53. The van der Waals surface area contributed by atoms with Crippen molar-refractivity contribution in [2.24, 2.45) is 0 Å². The van der Waals surface area contributed by atoms with Crippen LogP contribution >= 0.6 is 11.8 Å². The van der Waals surface area contributed by atoms with Gasteiger partial charge in [-0.1, -0.05) is 16.9 Å². The molecule has 30 heavy (non-hydrogen) atoms. The Bertz CT molecular complexity index is 1130. The molecule has 12 heteroatoms. The summed E-state index contributed by atoms with van der Waals surface area (Å²) in [5.41, 5.74) is 0.595. The van der Waals surface area contributed by atoms with E-state index in [4.69, 9.17) is 8.94 Å². The molecule has 0 atom stereocenters. The van der Waals surface area contributed by atoms with Gasteiger partial charge in [0.25, 0.3) is 5.22 Å². The molecule has 1 saturated heterocycles. The highest BCUT2D eigenvalue weighted by atomic mass is 32.2. The van der Waals surface area contributed by atoms with E-state index in [0.717, 1.165) is 24.6 Å². The molecule has 0 unspecified atom stereocenters. The number of sulfonamides is 1. The molecular weight excluding hydrogens is 430 g/mol. The third-order valence-corrected chi connectivity index (χ3v) is 7.16. The first-order valence-electron chi connectivity index (χ1n) is 9.22. The summed E-state index contributed by atoms with van der Waals surface area (Å²) in [6, 6.07) is 7.94. The van der Waals surface area contributed by atoms with Gasteiger partial charge in [0, 0.05) is 24.7 Å². The van der Waals surface area contributed by atoms with Crippen molar-refractivity contribution in [3.05, 3.63) is 36.1 Å². The number of aromatic nitrogens is 3. The van der Waals surface area contributed by atoms with Crippen LogP contribution < -0.4 is 5.32 Å². The molecule has 1 amide bonds. The lowest BCUT2D eigenvalue weighted by Gasteiger charge is -2.15. The quantitative estimate of drug-likeness (QED) is 0.540. The minimum atomic E-state index is -3.47. The van der Waals surface area contributed by atoms with Crippen molar-refractivity contribution in [3.63, 3.8) is 0 Å². The van der Waals surface area contributed by atoms with E-state index >= 15 is 0 Å². The third-order valence-electron chi connectivity index (χ3n) is 4.43. The Balaban J connectivity index is 1.37. The summed E-state index contributed by atoms with van der Waals surface area (Å²) in [5, 5.41) is 14.4. The fourth-order valence-electron chi connectivity index (χ4n) is 2.96. The Morgan fingerprint density at radius 2 is 1.93 bits per heavy atom. The normalized spacial score (nSPS) is 14.8. The van der Waals surface area contributed by atoms with Crippen LogP contribution in [0.1, 0.15) is 18.6 Å². The zero-order chi connectivity index (χ0) is 21.1. The zero-order valence-electron chi connectivity index (χ0n) is 16.1. The Labute approximate surface area is 177 Å². The molecule has 1 aromatic carbocycles. The molecule has 10 nitrogen and oxygen atoms in total. The van der Waals surface area contributed by atoms with Gasteiger partial charge in [-0.05, 0) is 44.0 Å². The summed E-state index contributed by atoms with van der Waals surface area (Å²) in [6.07, 6.45) is 1.77. The van der Waals surface area contributed by atoms with E-state index < -0.39 is 10.0 Å². The van der Waals surface area contributed by atoms with Crippen molar-refractivity contribution in [1.29, 1.82) is 0 Å². The van der Waals surface area contributed by atoms with E-state index in [9.17, 15) is 13.2 Å². The van der Waals surface area contributed by atoms with Crippen LogP contribution in [-0.2, 0) is 14.8 Å². The van der Waals surface area contributed by atoms with E-state index in [2.05, 4.69) is 20.7 Å². The molecule has 3 heterocycles. The molecule has 1 aliphatic heterocycles. The zero-order valence-corrected chi connectivity index (χ0v) is 17.7. The van der Waals surface area contributed by atoms with Gasteiger partial charge in [0.1, 0.15) is 5.76 Å². The van der Waals surface area contributed by atoms with Gasteiger partial charge in [-0.25, -0.2) is 8.42 Å². The maximum Gasteiger partial charge on any atom is 0.277 e. The minimum absolute atomic E-state index is 0.0561. The van der Waals surface area contributed by atoms with Crippen molar-refractivity contribution in [2.45, 2.75) is 29.9 Å². The number of rotatable bonds is 7.